The van der Waals surface area contributed by atoms with Crippen LogP contribution in [0.25, 0.3) is 0 Å². The molecular formula is C18H25F3N4O. The van der Waals surface area contributed by atoms with Crippen molar-refractivity contribution in [2.75, 3.05) is 39.9 Å². The van der Waals surface area contributed by atoms with Crippen molar-refractivity contribution in [2.24, 2.45) is 4.99 Å². The van der Waals surface area contributed by atoms with Gasteiger partial charge < -0.3 is 15.4 Å². The number of rotatable bonds is 5. The summed E-state index contributed by atoms with van der Waals surface area (Å²) in [7, 11) is 1.72. The normalized spacial score (nSPS) is 20.7. The van der Waals surface area contributed by atoms with Crippen molar-refractivity contribution in [3.8, 4) is 0 Å². The van der Waals surface area contributed by atoms with Crippen LogP contribution in [0.15, 0.2) is 29.3 Å². The Labute approximate surface area is 151 Å². The minimum absolute atomic E-state index is 0.0427. The highest BCUT2D eigenvalue weighted by Crippen LogP contribution is 2.31. The summed E-state index contributed by atoms with van der Waals surface area (Å²) >= 11 is 0. The Balaban J connectivity index is 1.71. The molecule has 1 aliphatic heterocycles. The number of halogens is 3. The fourth-order valence-electron chi connectivity index (χ4n) is 3.05. The first-order chi connectivity index (χ1) is 12.5. The third kappa shape index (κ3) is 5.11. The SMILES string of the molecule is CN=C(NCC(c1ccc(C(F)(F)F)cc1)N1CCOCC1)NC1CC1. The second kappa shape index (κ2) is 8.26. The van der Waals surface area contributed by atoms with Gasteiger partial charge in [-0.1, -0.05) is 12.1 Å². The molecule has 2 fully saturated rings. The van der Waals surface area contributed by atoms with Gasteiger partial charge in [-0.3, -0.25) is 9.89 Å². The van der Waals surface area contributed by atoms with Crippen LogP contribution in [0.4, 0.5) is 13.2 Å². The predicted molar refractivity (Wildman–Crippen MR) is 94.1 cm³/mol. The zero-order valence-electron chi connectivity index (χ0n) is 14.9. The molecular weight excluding hydrogens is 345 g/mol. The van der Waals surface area contributed by atoms with Crippen molar-refractivity contribution < 1.29 is 17.9 Å². The van der Waals surface area contributed by atoms with Crippen LogP contribution in [-0.4, -0.2) is 56.8 Å². The Morgan fingerprint density at radius 1 is 1.23 bits per heavy atom. The van der Waals surface area contributed by atoms with Gasteiger partial charge in [0.1, 0.15) is 0 Å². The van der Waals surface area contributed by atoms with Gasteiger partial charge in [0.15, 0.2) is 5.96 Å². The Bertz CT molecular complexity index is 608. The molecule has 5 nitrogen and oxygen atoms in total. The summed E-state index contributed by atoms with van der Waals surface area (Å²) in [4.78, 5) is 6.47. The van der Waals surface area contributed by atoms with Gasteiger partial charge in [0.05, 0.1) is 24.8 Å². The van der Waals surface area contributed by atoms with Crippen LogP contribution in [0.2, 0.25) is 0 Å². The summed E-state index contributed by atoms with van der Waals surface area (Å²) in [6.45, 7) is 3.33. The predicted octanol–water partition coefficient (Wildman–Crippen LogP) is 2.41. The van der Waals surface area contributed by atoms with E-state index in [-0.39, 0.29) is 6.04 Å². The maximum Gasteiger partial charge on any atom is 0.416 e. The standard InChI is InChI=1S/C18H25F3N4O/c1-22-17(24-15-6-7-15)23-12-16(25-8-10-26-11-9-25)13-2-4-14(5-3-13)18(19,20)21/h2-5,15-16H,6-12H2,1H3,(H2,22,23,24). The average molecular weight is 370 g/mol. The Morgan fingerprint density at radius 2 is 1.88 bits per heavy atom. The number of nitrogens with one attached hydrogen (secondary N) is 2. The van der Waals surface area contributed by atoms with Gasteiger partial charge in [-0.25, -0.2) is 0 Å². The van der Waals surface area contributed by atoms with Gasteiger partial charge in [0, 0.05) is 32.7 Å². The monoisotopic (exact) mass is 370 g/mol. The van der Waals surface area contributed by atoms with Gasteiger partial charge in [-0.2, -0.15) is 13.2 Å². The van der Waals surface area contributed by atoms with Gasteiger partial charge >= 0.3 is 6.18 Å². The van der Waals surface area contributed by atoms with E-state index in [0.717, 1.165) is 49.6 Å². The lowest BCUT2D eigenvalue weighted by atomic mass is 10.0. The number of aliphatic imine (C=N–C) groups is 1. The van der Waals surface area contributed by atoms with Crippen molar-refractivity contribution in [1.82, 2.24) is 15.5 Å². The molecule has 2 N–H and O–H groups in total. The Hall–Kier alpha value is -1.80. The second-order valence-corrected chi connectivity index (χ2v) is 6.66. The number of guanidine groups is 1. The van der Waals surface area contributed by atoms with Gasteiger partial charge in [0.2, 0.25) is 0 Å². The van der Waals surface area contributed by atoms with E-state index < -0.39 is 11.7 Å². The zero-order valence-corrected chi connectivity index (χ0v) is 14.9. The highest BCUT2D eigenvalue weighted by atomic mass is 19.4. The van der Waals surface area contributed by atoms with Crippen LogP contribution in [0, 0.1) is 0 Å². The molecule has 1 aliphatic carbocycles. The number of nitrogens with zero attached hydrogens (tertiary/aromatic N) is 2. The number of hydrogen-bond acceptors (Lipinski definition) is 3. The summed E-state index contributed by atoms with van der Waals surface area (Å²) in [5.41, 5.74) is 0.232. The van der Waals surface area contributed by atoms with E-state index in [1.807, 2.05) is 0 Å². The Kier molecular flexibility index (Phi) is 6.03. The summed E-state index contributed by atoms with van der Waals surface area (Å²) in [5.74, 6) is 0.734. The summed E-state index contributed by atoms with van der Waals surface area (Å²) in [5, 5.41) is 6.64. The largest absolute Gasteiger partial charge is 0.416 e. The van der Waals surface area contributed by atoms with Crippen LogP contribution in [0.1, 0.15) is 30.0 Å². The molecule has 1 unspecified atom stereocenters. The second-order valence-electron chi connectivity index (χ2n) is 6.66. The van der Waals surface area contributed by atoms with Crippen LogP contribution in [0.5, 0.6) is 0 Å². The first kappa shape index (κ1) is 19.0. The minimum atomic E-state index is -4.32. The first-order valence-electron chi connectivity index (χ1n) is 8.93. The fourth-order valence-corrected chi connectivity index (χ4v) is 3.05. The molecule has 0 aromatic heterocycles. The molecule has 1 aromatic carbocycles. The maximum atomic E-state index is 12.8. The van der Waals surface area contributed by atoms with E-state index in [4.69, 9.17) is 4.74 Å². The molecule has 1 atom stereocenters. The van der Waals surface area contributed by atoms with Crippen molar-refractivity contribution in [3.63, 3.8) is 0 Å². The lowest BCUT2D eigenvalue weighted by Crippen LogP contribution is -2.46. The van der Waals surface area contributed by atoms with Crippen molar-refractivity contribution in [3.05, 3.63) is 35.4 Å². The van der Waals surface area contributed by atoms with E-state index in [2.05, 4.69) is 20.5 Å². The number of ether oxygens (including phenoxy) is 1. The number of benzene rings is 1. The zero-order chi connectivity index (χ0) is 18.6. The smallest absolute Gasteiger partial charge is 0.379 e. The number of hydrogen-bond donors (Lipinski definition) is 2. The maximum absolute atomic E-state index is 12.8. The van der Waals surface area contributed by atoms with E-state index in [0.29, 0.717) is 25.8 Å². The van der Waals surface area contributed by atoms with E-state index in [9.17, 15) is 13.2 Å². The van der Waals surface area contributed by atoms with Gasteiger partial charge in [0.25, 0.3) is 0 Å². The fraction of sp³-hybridized carbons (Fsp3) is 0.611. The first-order valence-corrected chi connectivity index (χ1v) is 8.93. The van der Waals surface area contributed by atoms with Crippen molar-refractivity contribution in [2.45, 2.75) is 31.1 Å². The molecule has 1 saturated carbocycles. The molecule has 8 heteroatoms. The van der Waals surface area contributed by atoms with Crippen LogP contribution in [-0.2, 0) is 10.9 Å². The lowest BCUT2D eigenvalue weighted by molar-refractivity contribution is -0.137. The molecule has 0 bridgehead atoms. The molecule has 144 valence electrons. The van der Waals surface area contributed by atoms with Crippen LogP contribution < -0.4 is 10.6 Å². The lowest BCUT2D eigenvalue weighted by Gasteiger charge is -2.35. The molecule has 0 spiro atoms. The summed E-state index contributed by atoms with van der Waals surface area (Å²) in [6, 6.07) is 5.89. The topological polar surface area (TPSA) is 48.9 Å². The molecule has 3 rings (SSSR count). The van der Waals surface area contributed by atoms with E-state index in [1.165, 1.54) is 0 Å². The van der Waals surface area contributed by atoms with Crippen LogP contribution in [0.3, 0.4) is 0 Å². The summed E-state index contributed by atoms with van der Waals surface area (Å²) in [6.07, 6.45) is -2.03. The van der Waals surface area contributed by atoms with E-state index >= 15 is 0 Å². The highest BCUT2D eigenvalue weighted by molar-refractivity contribution is 5.80. The van der Waals surface area contributed by atoms with Gasteiger partial charge in [-0.05, 0) is 30.5 Å². The Morgan fingerprint density at radius 3 is 2.42 bits per heavy atom. The van der Waals surface area contributed by atoms with Gasteiger partial charge in [-0.15, -0.1) is 0 Å². The number of morpholine rings is 1. The molecule has 1 saturated heterocycles. The summed E-state index contributed by atoms with van der Waals surface area (Å²) < 4.78 is 43.9. The van der Waals surface area contributed by atoms with Crippen LogP contribution >= 0.6 is 0 Å². The minimum Gasteiger partial charge on any atom is -0.379 e. The highest BCUT2D eigenvalue weighted by Gasteiger charge is 2.31. The quantitative estimate of drug-likeness (QED) is 0.617. The molecule has 0 amide bonds. The van der Waals surface area contributed by atoms with E-state index in [1.54, 1.807) is 19.2 Å². The molecule has 1 aromatic rings. The molecule has 26 heavy (non-hydrogen) atoms. The van der Waals surface area contributed by atoms with Crippen molar-refractivity contribution in [1.29, 1.82) is 0 Å². The molecule has 2 aliphatic rings. The number of alkyl halides is 3. The molecule has 0 radical (unpaired) electrons. The molecule has 1 heterocycles. The third-order valence-corrected chi connectivity index (χ3v) is 4.71. The van der Waals surface area contributed by atoms with Crippen molar-refractivity contribution >= 4 is 5.96 Å². The average Bonchev–Trinajstić information content (AvgIpc) is 3.45. The third-order valence-electron chi connectivity index (χ3n) is 4.71.